The van der Waals surface area contributed by atoms with Crippen molar-refractivity contribution < 1.29 is 4.74 Å². The third-order valence-corrected chi connectivity index (χ3v) is 5.65. The van der Waals surface area contributed by atoms with Gasteiger partial charge in [0.05, 0.1) is 12.2 Å². The van der Waals surface area contributed by atoms with Gasteiger partial charge in [-0.25, -0.2) is 0 Å². The van der Waals surface area contributed by atoms with Crippen LogP contribution in [0, 0.1) is 5.41 Å². The first-order chi connectivity index (χ1) is 9.26. The average Bonchev–Trinajstić information content (AvgIpc) is 2.44. The second kappa shape index (κ2) is 7.08. The fraction of sp³-hybridized carbons (Fsp3) is 1.00. The number of hydrogen-bond donors (Lipinski definition) is 1. The topological polar surface area (TPSA) is 21.3 Å². The van der Waals surface area contributed by atoms with E-state index in [1.165, 1.54) is 57.8 Å². The summed E-state index contributed by atoms with van der Waals surface area (Å²) in [5.74, 6) is 0. The lowest BCUT2D eigenvalue weighted by molar-refractivity contribution is -0.172. The van der Waals surface area contributed by atoms with Crippen LogP contribution in [0.25, 0.3) is 0 Å². The van der Waals surface area contributed by atoms with Gasteiger partial charge in [0.1, 0.15) is 0 Å². The lowest BCUT2D eigenvalue weighted by Crippen LogP contribution is -2.64. The van der Waals surface area contributed by atoms with Gasteiger partial charge in [0.15, 0.2) is 0 Å². The Balaban J connectivity index is 1.89. The van der Waals surface area contributed by atoms with Gasteiger partial charge in [-0.3, -0.25) is 0 Å². The third-order valence-electron chi connectivity index (χ3n) is 5.65. The van der Waals surface area contributed by atoms with Crippen molar-refractivity contribution in [2.24, 2.45) is 5.41 Å². The van der Waals surface area contributed by atoms with Crippen molar-refractivity contribution in [1.82, 2.24) is 5.32 Å². The van der Waals surface area contributed by atoms with Crippen molar-refractivity contribution in [2.45, 2.75) is 96.8 Å². The van der Waals surface area contributed by atoms with E-state index in [0.29, 0.717) is 23.7 Å². The van der Waals surface area contributed by atoms with E-state index in [0.717, 1.165) is 6.54 Å². The normalized spacial score (nSPS) is 31.1. The van der Waals surface area contributed by atoms with E-state index < -0.39 is 0 Å². The Labute approximate surface area is 119 Å². The minimum atomic E-state index is 0.409. The van der Waals surface area contributed by atoms with E-state index >= 15 is 0 Å². The smallest absolute Gasteiger partial charge is 0.0664 e. The summed E-state index contributed by atoms with van der Waals surface area (Å²) >= 11 is 0. The van der Waals surface area contributed by atoms with Crippen LogP contribution in [-0.2, 0) is 4.74 Å². The molecule has 2 fully saturated rings. The summed E-state index contributed by atoms with van der Waals surface area (Å²) in [6, 6.07) is 0.691. The number of nitrogens with one attached hydrogen (secondary N) is 1. The fourth-order valence-corrected chi connectivity index (χ4v) is 4.18. The quantitative estimate of drug-likeness (QED) is 0.743. The molecule has 2 atom stereocenters. The lowest BCUT2D eigenvalue weighted by Gasteiger charge is -2.56. The molecular formula is C17H33NO. The van der Waals surface area contributed by atoms with Crippen LogP contribution in [0.3, 0.4) is 0 Å². The third kappa shape index (κ3) is 3.16. The predicted octanol–water partition coefficient (Wildman–Crippen LogP) is 4.28. The van der Waals surface area contributed by atoms with Crippen LogP contribution in [0.2, 0.25) is 0 Å². The van der Waals surface area contributed by atoms with Gasteiger partial charge >= 0.3 is 0 Å². The summed E-state index contributed by atoms with van der Waals surface area (Å²) in [5.41, 5.74) is 0.409. The monoisotopic (exact) mass is 267 g/mol. The van der Waals surface area contributed by atoms with E-state index in [-0.39, 0.29) is 0 Å². The molecule has 112 valence electrons. The van der Waals surface area contributed by atoms with Crippen LogP contribution >= 0.6 is 0 Å². The van der Waals surface area contributed by atoms with Gasteiger partial charge in [-0.1, -0.05) is 40.0 Å². The summed E-state index contributed by atoms with van der Waals surface area (Å²) in [4.78, 5) is 0. The molecule has 2 saturated carbocycles. The molecule has 2 aliphatic rings. The molecule has 0 bridgehead atoms. The number of rotatable bonds is 7. The highest BCUT2D eigenvalue weighted by Gasteiger charge is 2.53. The first-order valence-corrected chi connectivity index (χ1v) is 8.65. The minimum Gasteiger partial charge on any atom is -0.374 e. The first-order valence-electron chi connectivity index (χ1n) is 8.65. The maximum atomic E-state index is 6.50. The molecule has 2 unspecified atom stereocenters. The summed E-state index contributed by atoms with van der Waals surface area (Å²) < 4.78 is 6.50. The van der Waals surface area contributed by atoms with Crippen LogP contribution < -0.4 is 5.32 Å². The van der Waals surface area contributed by atoms with Gasteiger partial charge in [0.2, 0.25) is 0 Å². The molecule has 19 heavy (non-hydrogen) atoms. The van der Waals surface area contributed by atoms with Crippen LogP contribution in [-0.4, -0.2) is 24.8 Å². The van der Waals surface area contributed by atoms with E-state index in [1.54, 1.807) is 0 Å². The molecule has 0 amide bonds. The Hall–Kier alpha value is -0.0800. The lowest BCUT2D eigenvalue weighted by atomic mass is 9.58. The van der Waals surface area contributed by atoms with Crippen LogP contribution in [0.4, 0.5) is 0 Å². The highest BCUT2D eigenvalue weighted by molar-refractivity contribution is 5.07. The summed E-state index contributed by atoms with van der Waals surface area (Å²) in [7, 11) is 0. The molecule has 2 nitrogen and oxygen atoms in total. The molecule has 2 aliphatic carbocycles. The molecule has 0 saturated heterocycles. The van der Waals surface area contributed by atoms with Gasteiger partial charge < -0.3 is 10.1 Å². The maximum absolute atomic E-state index is 6.50. The van der Waals surface area contributed by atoms with Gasteiger partial charge in [-0.2, -0.15) is 0 Å². The van der Waals surface area contributed by atoms with Crippen molar-refractivity contribution in [2.75, 3.05) is 6.54 Å². The highest BCUT2D eigenvalue weighted by Crippen LogP contribution is 2.49. The van der Waals surface area contributed by atoms with Gasteiger partial charge in [0, 0.05) is 11.5 Å². The molecule has 0 heterocycles. The van der Waals surface area contributed by atoms with Crippen molar-refractivity contribution in [3.05, 3.63) is 0 Å². The zero-order valence-corrected chi connectivity index (χ0v) is 13.2. The predicted molar refractivity (Wildman–Crippen MR) is 81.5 cm³/mol. The Morgan fingerprint density at radius 1 is 1.05 bits per heavy atom. The fourth-order valence-electron chi connectivity index (χ4n) is 4.18. The number of ether oxygens (including phenoxy) is 1. The molecule has 0 aromatic heterocycles. The molecule has 2 rings (SSSR count). The Kier molecular flexibility index (Phi) is 5.70. The Bertz CT molecular complexity index is 256. The number of hydrogen-bond acceptors (Lipinski definition) is 2. The van der Waals surface area contributed by atoms with E-state index in [1.807, 2.05) is 0 Å². The molecule has 0 spiro atoms. The van der Waals surface area contributed by atoms with Crippen LogP contribution in [0.5, 0.6) is 0 Å². The standard InChI is InChI=1S/C17H33NO/c1-4-12-18-15-13-16(17(15,5-2)6-3)19-14-10-8-7-9-11-14/h14-16,18H,4-13H2,1-3H3. The van der Waals surface area contributed by atoms with Crippen molar-refractivity contribution >= 4 is 0 Å². The second-order valence-electron chi connectivity index (χ2n) is 6.57. The van der Waals surface area contributed by atoms with Crippen molar-refractivity contribution in [1.29, 1.82) is 0 Å². The minimum absolute atomic E-state index is 0.409. The molecule has 0 aliphatic heterocycles. The van der Waals surface area contributed by atoms with Crippen molar-refractivity contribution in [3.63, 3.8) is 0 Å². The molecule has 1 N–H and O–H groups in total. The average molecular weight is 267 g/mol. The van der Waals surface area contributed by atoms with Crippen LogP contribution in [0.1, 0.15) is 78.6 Å². The zero-order valence-electron chi connectivity index (χ0n) is 13.2. The summed E-state index contributed by atoms with van der Waals surface area (Å²) in [6.07, 6.45) is 12.8. The van der Waals surface area contributed by atoms with E-state index in [4.69, 9.17) is 4.74 Å². The van der Waals surface area contributed by atoms with Gasteiger partial charge in [-0.05, 0) is 45.1 Å². The highest BCUT2D eigenvalue weighted by atomic mass is 16.5. The summed E-state index contributed by atoms with van der Waals surface area (Å²) in [5, 5.41) is 3.75. The summed E-state index contributed by atoms with van der Waals surface area (Å²) in [6.45, 7) is 8.10. The van der Waals surface area contributed by atoms with E-state index in [2.05, 4.69) is 26.1 Å². The molecule has 0 aromatic carbocycles. The largest absolute Gasteiger partial charge is 0.374 e. The van der Waals surface area contributed by atoms with Crippen LogP contribution in [0.15, 0.2) is 0 Å². The van der Waals surface area contributed by atoms with Crippen molar-refractivity contribution in [3.8, 4) is 0 Å². The molecular weight excluding hydrogens is 234 g/mol. The molecule has 0 radical (unpaired) electrons. The zero-order chi connectivity index (χ0) is 13.7. The Morgan fingerprint density at radius 2 is 1.74 bits per heavy atom. The second-order valence-corrected chi connectivity index (χ2v) is 6.57. The van der Waals surface area contributed by atoms with E-state index in [9.17, 15) is 0 Å². The van der Waals surface area contributed by atoms with Gasteiger partial charge in [-0.15, -0.1) is 0 Å². The van der Waals surface area contributed by atoms with Gasteiger partial charge in [0.25, 0.3) is 0 Å². The molecule has 0 aromatic rings. The maximum Gasteiger partial charge on any atom is 0.0664 e. The molecule has 2 heteroatoms. The SMILES string of the molecule is CCCNC1CC(OC2CCCCC2)C1(CC)CC. The first kappa shape index (κ1) is 15.3. The Morgan fingerprint density at radius 3 is 2.32 bits per heavy atom.